The third-order valence-corrected chi connectivity index (χ3v) is 2.77. The molecule has 1 fully saturated rings. The molecule has 56 valence electrons. The first kappa shape index (κ1) is 6.21. The minimum Gasteiger partial charge on any atom is -0.0914 e. The lowest BCUT2D eigenvalue weighted by Gasteiger charge is -2.12. The van der Waals surface area contributed by atoms with Gasteiger partial charge >= 0.3 is 0 Å². The lowest BCUT2D eigenvalue weighted by Crippen LogP contribution is -2.02. The van der Waals surface area contributed by atoms with Crippen LogP contribution in [0.4, 0.5) is 0 Å². The summed E-state index contributed by atoms with van der Waals surface area (Å²) in [6.45, 7) is 2.12. The summed E-state index contributed by atoms with van der Waals surface area (Å²) >= 11 is 0. The smallest absolute Gasteiger partial charge is 0 e. The second-order valence-corrected chi connectivity index (χ2v) is 3.47. The molecule has 0 heteroatoms. The van der Waals surface area contributed by atoms with Gasteiger partial charge < -0.3 is 0 Å². The van der Waals surface area contributed by atoms with E-state index in [0.29, 0.717) is 0 Å². The summed E-state index contributed by atoms with van der Waals surface area (Å²) in [5.41, 5.74) is 0. The van der Waals surface area contributed by atoms with Gasteiger partial charge in [0, 0.05) is 1.43 Å². The SMILES string of the molecule is C/C=C/C1C[C@H]2C=CC1C2.[HH]. The fourth-order valence-electron chi connectivity index (χ4n) is 2.29. The quantitative estimate of drug-likeness (QED) is 0.486. The summed E-state index contributed by atoms with van der Waals surface area (Å²) in [7, 11) is 0. The summed E-state index contributed by atoms with van der Waals surface area (Å²) < 4.78 is 0. The molecule has 0 radical (unpaired) electrons. The Labute approximate surface area is 64.1 Å². The average molecular weight is 136 g/mol. The number of fused-ring (bicyclic) bond motifs is 2. The van der Waals surface area contributed by atoms with Crippen LogP contribution in [0.3, 0.4) is 0 Å². The van der Waals surface area contributed by atoms with Gasteiger partial charge in [0.1, 0.15) is 0 Å². The highest BCUT2D eigenvalue weighted by Crippen LogP contribution is 2.43. The van der Waals surface area contributed by atoms with E-state index in [0.717, 1.165) is 17.8 Å². The number of rotatable bonds is 1. The van der Waals surface area contributed by atoms with Crippen molar-refractivity contribution >= 4 is 0 Å². The second kappa shape index (κ2) is 2.26. The third-order valence-electron chi connectivity index (χ3n) is 2.77. The van der Waals surface area contributed by atoms with E-state index >= 15 is 0 Å². The highest BCUT2D eigenvalue weighted by Gasteiger charge is 2.33. The zero-order valence-corrected chi connectivity index (χ0v) is 6.46. The lowest BCUT2D eigenvalue weighted by molar-refractivity contribution is 0.549. The van der Waals surface area contributed by atoms with Gasteiger partial charge in [-0.15, -0.1) is 0 Å². The molecule has 0 aromatic carbocycles. The zero-order valence-electron chi connectivity index (χ0n) is 6.46. The molecule has 2 bridgehead atoms. The van der Waals surface area contributed by atoms with Gasteiger partial charge in [-0.05, 0) is 37.5 Å². The van der Waals surface area contributed by atoms with Crippen LogP contribution in [0.15, 0.2) is 24.3 Å². The van der Waals surface area contributed by atoms with Crippen molar-refractivity contribution in [2.24, 2.45) is 17.8 Å². The van der Waals surface area contributed by atoms with E-state index in [1.54, 1.807) is 0 Å². The Morgan fingerprint density at radius 2 is 2.30 bits per heavy atom. The molecule has 2 aliphatic carbocycles. The lowest BCUT2D eigenvalue weighted by atomic mass is 9.93. The Bertz CT molecular complexity index is 181. The maximum absolute atomic E-state index is 2.40. The van der Waals surface area contributed by atoms with Crippen molar-refractivity contribution in [2.75, 3.05) is 0 Å². The van der Waals surface area contributed by atoms with Gasteiger partial charge in [0.15, 0.2) is 0 Å². The van der Waals surface area contributed by atoms with Crippen LogP contribution >= 0.6 is 0 Å². The Morgan fingerprint density at radius 1 is 1.40 bits per heavy atom. The number of hydrogen-bond acceptors (Lipinski definition) is 0. The van der Waals surface area contributed by atoms with Crippen molar-refractivity contribution in [1.29, 1.82) is 0 Å². The van der Waals surface area contributed by atoms with E-state index < -0.39 is 0 Å². The molecule has 0 saturated heterocycles. The number of hydrogen-bond donors (Lipinski definition) is 0. The fourth-order valence-corrected chi connectivity index (χ4v) is 2.29. The van der Waals surface area contributed by atoms with Crippen molar-refractivity contribution < 1.29 is 1.43 Å². The predicted molar refractivity (Wildman–Crippen MR) is 45.8 cm³/mol. The first-order valence-electron chi connectivity index (χ1n) is 4.21. The van der Waals surface area contributed by atoms with Crippen molar-refractivity contribution in [3.8, 4) is 0 Å². The summed E-state index contributed by atoms with van der Waals surface area (Å²) in [6.07, 6.45) is 12.2. The molecule has 0 aromatic heterocycles. The summed E-state index contributed by atoms with van der Waals surface area (Å²) in [5.74, 6) is 2.69. The van der Waals surface area contributed by atoms with Crippen LogP contribution in [-0.2, 0) is 0 Å². The van der Waals surface area contributed by atoms with Crippen molar-refractivity contribution in [3.05, 3.63) is 24.3 Å². The molecular weight excluding hydrogens is 120 g/mol. The minimum atomic E-state index is 0. The molecular formula is C10H16. The molecule has 0 aliphatic heterocycles. The first-order valence-corrected chi connectivity index (χ1v) is 4.21. The third kappa shape index (κ3) is 0.828. The van der Waals surface area contributed by atoms with E-state index in [9.17, 15) is 0 Å². The molecule has 2 rings (SSSR count). The molecule has 2 unspecified atom stereocenters. The molecule has 0 N–H and O–H groups in total. The van der Waals surface area contributed by atoms with Crippen molar-refractivity contribution in [2.45, 2.75) is 19.8 Å². The van der Waals surface area contributed by atoms with Gasteiger partial charge in [-0.3, -0.25) is 0 Å². The van der Waals surface area contributed by atoms with E-state index in [1.165, 1.54) is 12.8 Å². The molecule has 0 heterocycles. The number of allylic oxidation sites excluding steroid dienone is 4. The Balaban J connectivity index is 0.000000605. The van der Waals surface area contributed by atoms with Gasteiger partial charge in [-0.25, -0.2) is 0 Å². The highest BCUT2D eigenvalue weighted by molar-refractivity contribution is 5.13. The normalized spacial score (nSPS) is 43.9. The standard InChI is InChI=1S/C10H14.H2/c1-2-3-9-6-8-4-5-10(9)7-8;/h2-5,8-10H,6-7H2,1H3;1H/b3-2+;/t8-,9?,10?;/m1./s1. The Hall–Kier alpha value is -0.520. The zero-order chi connectivity index (χ0) is 6.97. The van der Waals surface area contributed by atoms with Crippen LogP contribution in [0.25, 0.3) is 0 Å². The van der Waals surface area contributed by atoms with Crippen LogP contribution in [0.2, 0.25) is 0 Å². The highest BCUT2D eigenvalue weighted by atomic mass is 14.4. The van der Waals surface area contributed by atoms with Crippen molar-refractivity contribution in [3.63, 3.8) is 0 Å². The molecule has 0 amide bonds. The van der Waals surface area contributed by atoms with Crippen LogP contribution in [0.5, 0.6) is 0 Å². The molecule has 0 spiro atoms. The summed E-state index contributed by atoms with van der Waals surface area (Å²) in [5, 5.41) is 0. The largest absolute Gasteiger partial charge is 0.0914 e. The first-order chi connectivity index (χ1) is 4.90. The Kier molecular flexibility index (Phi) is 1.40. The van der Waals surface area contributed by atoms with Gasteiger partial charge in [0.25, 0.3) is 0 Å². The minimum absolute atomic E-state index is 0. The summed E-state index contributed by atoms with van der Waals surface area (Å²) in [4.78, 5) is 0. The van der Waals surface area contributed by atoms with Gasteiger partial charge in [-0.1, -0.05) is 24.3 Å². The topological polar surface area (TPSA) is 0 Å². The second-order valence-electron chi connectivity index (χ2n) is 3.47. The van der Waals surface area contributed by atoms with Gasteiger partial charge in [-0.2, -0.15) is 0 Å². The fraction of sp³-hybridized carbons (Fsp3) is 0.600. The van der Waals surface area contributed by atoms with E-state index in [-0.39, 0.29) is 1.43 Å². The van der Waals surface area contributed by atoms with E-state index in [4.69, 9.17) is 0 Å². The monoisotopic (exact) mass is 136 g/mol. The molecule has 0 aromatic rings. The predicted octanol–water partition coefficient (Wildman–Crippen LogP) is 3.02. The average Bonchev–Trinajstić information content (AvgIpc) is 2.48. The Morgan fingerprint density at radius 3 is 2.80 bits per heavy atom. The molecule has 3 atom stereocenters. The van der Waals surface area contributed by atoms with Crippen LogP contribution < -0.4 is 0 Å². The summed E-state index contributed by atoms with van der Waals surface area (Å²) in [6, 6.07) is 0. The van der Waals surface area contributed by atoms with Gasteiger partial charge in [0.2, 0.25) is 0 Å². The maximum atomic E-state index is 2.40. The molecule has 1 saturated carbocycles. The van der Waals surface area contributed by atoms with Gasteiger partial charge in [0.05, 0.1) is 0 Å². The van der Waals surface area contributed by atoms with Crippen molar-refractivity contribution in [1.82, 2.24) is 0 Å². The van der Waals surface area contributed by atoms with Crippen LogP contribution in [0.1, 0.15) is 21.2 Å². The maximum Gasteiger partial charge on any atom is 0 e. The van der Waals surface area contributed by atoms with Crippen LogP contribution in [-0.4, -0.2) is 0 Å². The van der Waals surface area contributed by atoms with Crippen LogP contribution in [0, 0.1) is 17.8 Å². The van der Waals surface area contributed by atoms with E-state index in [1.807, 2.05) is 0 Å². The molecule has 0 nitrogen and oxygen atoms in total. The molecule has 10 heavy (non-hydrogen) atoms. The van der Waals surface area contributed by atoms with E-state index in [2.05, 4.69) is 31.2 Å². The molecule has 2 aliphatic rings.